The Hall–Kier alpha value is -1.38. The fourth-order valence-electron chi connectivity index (χ4n) is 1.33. The third-order valence-electron chi connectivity index (χ3n) is 2.04. The van der Waals surface area contributed by atoms with Crippen LogP contribution in [0.25, 0.3) is 11.3 Å². The third kappa shape index (κ3) is 2.08. The largest absolute Gasteiger partial charge is 0.496 e. The van der Waals surface area contributed by atoms with E-state index in [1.165, 1.54) is 11.3 Å². The zero-order valence-corrected chi connectivity index (χ0v) is 10.8. The zero-order chi connectivity index (χ0) is 11.5. The fraction of sp³-hybridized carbons (Fsp3) is 0.0909. The first-order valence-electron chi connectivity index (χ1n) is 4.44. The van der Waals surface area contributed by atoms with Crippen molar-refractivity contribution in [3.05, 3.63) is 33.1 Å². The molecule has 1 heterocycles. The molecule has 0 saturated carbocycles. The van der Waals surface area contributed by atoms with Crippen LogP contribution in [0.2, 0.25) is 0 Å². The Kier molecular flexibility index (Phi) is 3.22. The van der Waals surface area contributed by atoms with Gasteiger partial charge in [0.25, 0.3) is 0 Å². The molecule has 0 N–H and O–H groups in total. The van der Waals surface area contributed by atoms with Crippen LogP contribution in [-0.4, -0.2) is 12.1 Å². The second-order valence-corrected chi connectivity index (χ2v) is 4.77. The summed E-state index contributed by atoms with van der Waals surface area (Å²) in [6.07, 6.45) is 0. The number of aromatic nitrogens is 1. The number of hydrogen-bond donors (Lipinski definition) is 0. The van der Waals surface area contributed by atoms with E-state index in [0.29, 0.717) is 5.01 Å². The van der Waals surface area contributed by atoms with E-state index in [1.807, 2.05) is 29.6 Å². The molecule has 80 valence electrons. The zero-order valence-electron chi connectivity index (χ0n) is 8.40. The quantitative estimate of drug-likeness (QED) is 0.852. The van der Waals surface area contributed by atoms with Crippen molar-refractivity contribution >= 4 is 27.3 Å². The molecule has 16 heavy (non-hydrogen) atoms. The van der Waals surface area contributed by atoms with Crippen molar-refractivity contribution in [1.82, 2.24) is 4.98 Å². The molecule has 2 aromatic rings. The molecule has 0 bridgehead atoms. The topological polar surface area (TPSA) is 45.9 Å². The van der Waals surface area contributed by atoms with Gasteiger partial charge in [0.2, 0.25) is 0 Å². The van der Waals surface area contributed by atoms with E-state index in [2.05, 4.69) is 20.9 Å². The van der Waals surface area contributed by atoms with Crippen molar-refractivity contribution in [3.63, 3.8) is 0 Å². The molecule has 0 saturated heterocycles. The summed E-state index contributed by atoms with van der Waals surface area (Å²) in [6.45, 7) is 0. The van der Waals surface area contributed by atoms with Crippen LogP contribution in [-0.2, 0) is 0 Å². The van der Waals surface area contributed by atoms with E-state index in [4.69, 9.17) is 10.00 Å². The smallest absolute Gasteiger partial charge is 0.194 e. The molecule has 0 fully saturated rings. The lowest BCUT2D eigenvalue weighted by Crippen LogP contribution is -1.88. The van der Waals surface area contributed by atoms with Crippen molar-refractivity contribution in [1.29, 1.82) is 5.26 Å². The highest BCUT2D eigenvalue weighted by atomic mass is 79.9. The molecule has 3 nitrogen and oxygen atoms in total. The summed E-state index contributed by atoms with van der Waals surface area (Å²) in [5.74, 6) is 0.748. The maximum atomic E-state index is 8.74. The minimum absolute atomic E-state index is 0.456. The Morgan fingerprint density at radius 1 is 1.50 bits per heavy atom. The highest BCUT2D eigenvalue weighted by molar-refractivity contribution is 9.10. The molecule has 0 aliphatic carbocycles. The summed E-state index contributed by atoms with van der Waals surface area (Å²) in [5.41, 5.74) is 1.65. The molecular formula is C11H7BrN2OS. The van der Waals surface area contributed by atoms with Gasteiger partial charge in [0.15, 0.2) is 5.01 Å². The lowest BCUT2D eigenvalue weighted by Gasteiger charge is -2.06. The predicted octanol–water partition coefficient (Wildman–Crippen LogP) is 3.45. The lowest BCUT2D eigenvalue weighted by molar-refractivity contribution is 0.416. The molecule has 0 aliphatic heterocycles. The number of nitriles is 1. The first kappa shape index (κ1) is 11.1. The van der Waals surface area contributed by atoms with Crippen molar-refractivity contribution < 1.29 is 4.74 Å². The SMILES string of the molecule is COc1ccc(Br)cc1-c1csc(C#N)n1. The summed E-state index contributed by atoms with van der Waals surface area (Å²) in [4.78, 5) is 4.21. The molecular weight excluding hydrogens is 288 g/mol. The highest BCUT2D eigenvalue weighted by Gasteiger charge is 2.10. The van der Waals surface area contributed by atoms with Crippen LogP contribution in [0.4, 0.5) is 0 Å². The van der Waals surface area contributed by atoms with Crippen LogP contribution in [0.1, 0.15) is 5.01 Å². The predicted molar refractivity (Wildman–Crippen MR) is 66.5 cm³/mol. The minimum Gasteiger partial charge on any atom is -0.496 e. The van der Waals surface area contributed by atoms with Crippen LogP contribution >= 0.6 is 27.3 Å². The Bertz CT molecular complexity index is 559. The lowest BCUT2D eigenvalue weighted by atomic mass is 10.1. The molecule has 0 unspecified atom stereocenters. The van der Waals surface area contributed by atoms with Crippen LogP contribution in [0.15, 0.2) is 28.1 Å². The maximum absolute atomic E-state index is 8.74. The number of methoxy groups -OCH3 is 1. The summed E-state index contributed by atoms with van der Waals surface area (Å²) in [5, 5.41) is 11.0. The summed E-state index contributed by atoms with van der Waals surface area (Å²) in [6, 6.07) is 7.72. The van der Waals surface area contributed by atoms with Crippen molar-refractivity contribution in [2.24, 2.45) is 0 Å². The fourth-order valence-corrected chi connectivity index (χ4v) is 2.30. The van der Waals surface area contributed by atoms with Crippen molar-refractivity contribution in [2.75, 3.05) is 7.11 Å². The number of rotatable bonds is 2. The van der Waals surface area contributed by atoms with Gasteiger partial charge in [-0.3, -0.25) is 0 Å². The van der Waals surface area contributed by atoms with Crippen LogP contribution in [0.3, 0.4) is 0 Å². The number of nitrogens with zero attached hydrogens (tertiary/aromatic N) is 2. The van der Waals surface area contributed by atoms with Crippen LogP contribution in [0.5, 0.6) is 5.75 Å². The number of hydrogen-bond acceptors (Lipinski definition) is 4. The van der Waals surface area contributed by atoms with E-state index >= 15 is 0 Å². The molecule has 0 amide bonds. The van der Waals surface area contributed by atoms with Gasteiger partial charge in [0.05, 0.1) is 12.8 Å². The molecule has 2 rings (SSSR count). The number of thiazole rings is 1. The monoisotopic (exact) mass is 294 g/mol. The average molecular weight is 295 g/mol. The molecule has 1 aromatic heterocycles. The standard InChI is InChI=1S/C11H7BrN2OS/c1-15-10-3-2-7(12)4-8(10)9-6-16-11(5-13)14-9/h2-4,6H,1H3. The Morgan fingerprint density at radius 2 is 2.31 bits per heavy atom. The van der Waals surface area contributed by atoms with Gasteiger partial charge in [-0.25, -0.2) is 4.98 Å². The molecule has 0 atom stereocenters. The van der Waals surface area contributed by atoms with Gasteiger partial charge in [-0.05, 0) is 18.2 Å². The first-order chi connectivity index (χ1) is 7.74. The minimum atomic E-state index is 0.456. The van der Waals surface area contributed by atoms with Gasteiger partial charge < -0.3 is 4.74 Å². The van der Waals surface area contributed by atoms with Crippen molar-refractivity contribution in [3.8, 4) is 23.1 Å². The Labute approximate surface area is 105 Å². The van der Waals surface area contributed by atoms with E-state index in [0.717, 1.165) is 21.5 Å². The normalized spacial score (nSPS) is 9.81. The van der Waals surface area contributed by atoms with Crippen molar-refractivity contribution in [2.45, 2.75) is 0 Å². The Balaban J connectivity index is 2.54. The highest BCUT2D eigenvalue weighted by Crippen LogP contribution is 2.32. The van der Waals surface area contributed by atoms with E-state index < -0.39 is 0 Å². The molecule has 1 aromatic carbocycles. The summed E-state index contributed by atoms with van der Waals surface area (Å²) >= 11 is 4.73. The summed E-state index contributed by atoms with van der Waals surface area (Å²) < 4.78 is 6.21. The van der Waals surface area contributed by atoms with E-state index in [1.54, 1.807) is 7.11 Å². The van der Waals surface area contributed by atoms with E-state index in [-0.39, 0.29) is 0 Å². The van der Waals surface area contributed by atoms with Gasteiger partial charge in [-0.2, -0.15) is 5.26 Å². The summed E-state index contributed by atoms with van der Waals surface area (Å²) in [7, 11) is 1.62. The number of halogens is 1. The van der Waals surface area contributed by atoms with E-state index in [9.17, 15) is 0 Å². The van der Waals surface area contributed by atoms with Crippen LogP contribution < -0.4 is 4.74 Å². The van der Waals surface area contributed by atoms with Gasteiger partial charge in [-0.15, -0.1) is 11.3 Å². The molecule has 0 aliphatic rings. The molecule has 0 spiro atoms. The van der Waals surface area contributed by atoms with Gasteiger partial charge in [-0.1, -0.05) is 15.9 Å². The van der Waals surface area contributed by atoms with Gasteiger partial charge in [0.1, 0.15) is 11.8 Å². The third-order valence-corrected chi connectivity index (χ3v) is 3.28. The number of benzene rings is 1. The average Bonchev–Trinajstić information content (AvgIpc) is 2.77. The van der Waals surface area contributed by atoms with Crippen LogP contribution in [0, 0.1) is 11.3 Å². The van der Waals surface area contributed by atoms with Gasteiger partial charge >= 0.3 is 0 Å². The Morgan fingerprint density at radius 3 is 2.94 bits per heavy atom. The molecule has 5 heteroatoms. The first-order valence-corrected chi connectivity index (χ1v) is 6.11. The second-order valence-electron chi connectivity index (χ2n) is 2.99. The maximum Gasteiger partial charge on any atom is 0.194 e. The van der Waals surface area contributed by atoms with Gasteiger partial charge in [0, 0.05) is 15.4 Å². The molecule has 0 radical (unpaired) electrons. The number of ether oxygens (including phenoxy) is 1. The second kappa shape index (κ2) is 4.64.